The van der Waals surface area contributed by atoms with Crippen LogP contribution in [0.2, 0.25) is 5.02 Å². The van der Waals surface area contributed by atoms with Crippen LogP contribution in [0.5, 0.6) is 0 Å². The molecule has 1 fully saturated rings. The highest BCUT2D eigenvalue weighted by atomic mass is 35.5. The molecule has 2 rings (SSSR count). The van der Waals surface area contributed by atoms with Gasteiger partial charge in [0.1, 0.15) is 5.02 Å². The quantitative estimate of drug-likeness (QED) is 0.856. The molecule has 1 unspecified atom stereocenters. The summed E-state index contributed by atoms with van der Waals surface area (Å²) in [7, 11) is 1.98. The zero-order chi connectivity index (χ0) is 14.4. The molecule has 5 heteroatoms. The van der Waals surface area contributed by atoms with Gasteiger partial charge in [0.25, 0.3) is 5.56 Å². The third-order valence-corrected chi connectivity index (χ3v) is 4.19. The van der Waals surface area contributed by atoms with Crippen molar-refractivity contribution >= 4 is 17.3 Å². The molecule has 1 aromatic heterocycles. The molecule has 0 radical (unpaired) electrons. The Morgan fingerprint density at radius 3 is 2.53 bits per heavy atom. The summed E-state index contributed by atoms with van der Waals surface area (Å²) in [6.45, 7) is 7.99. The first kappa shape index (κ1) is 14.4. The van der Waals surface area contributed by atoms with E-state index in [1.165, 1.54) is 17.5 Å². The molecule has 0 spiro atoms. The van der Waals surface area contributed by atoms with Crippen molar-refractivity contribution in [2.24, 2.45) is 5.92 Å². The molecule has 106 valence electrons. The van der Waals surface area contributed by atoms with Gasteiger partial charge in [-0.3, -0.25) is 4.79 Å². The monoisotopic (exact) mass is 283 g/mol. The van der Waals surface area contributed by atoms with Crippen molar-refractivity contribution in [2.45, 2.75) is 52.1 Å². The summed E-state index contributed by atoms with van der Waals surface area (Å²) in [5.41, 5.74) is 0.146. The Labute approximate surface area is 119 Å². The van der Waals surface area contributed by atoms with Gasteiger partial charge in [0, 0.05) is 13.1 Å². The minimum absolute atomic E-state index is 0.221. The second-order valence-electron chi connectivity index (χ2n) is 6.42. The van der Waals surface area contributed by atoms with E-state index in [-0.39, 0.29) is 16.1 Å². The predicted octanol–water partition coefficient (Wildman–Crippen LogP) is 2.89. The Morgan fingerprint density at radius 1 is 1.47 bits per heavy atom. The van der Waals surface area contributed by atoms with Crippen molar-refractivity contribution < 1.29 is 0 Å². The van der Waals surface area contributed by atoms with Crippen LogP contribution in [0.4, 0.5) is 5.69 Å². The van der Waals surface area contributed by atoms with Gasteiger partial charge in [0.15, 0.2) is 0 Å². The molecule has 1 aliphatic rings. The van der Waals surface area contributed by atoms with E-state index in [1.807, 2.05) is 27.8 Å². The number of halogens is 1. The fraction of sp³-hybridized carbons (Fsp3) is 0.714. The maximum Gasteiger partial charge on any atom is 0.288 e. The Hall–Kier alpha value is -1.03. The van der Waals surface area contributed by atoms with Crippen molar-refractivity contribution in [2.75, 3.05) is 11.9 Å². The Bertz CT molecular complexity index is 528. The van der Waals surface area contributed by atoms with Crippen molar-refractivity contribution in [3.8, 4) is 0 Å². The normalized spacial score (nSPS) is 17.4. The van der Waals surface area contributed by atoms with E-state index < -0.39 is 0 Å². The first-order valence-electron chi connectivity index (χ1n) is 6.74. The summed E-state index contributed by atoms with van der Waals surface area (Å²) in [4.78, 5) is 14.4. The van der Waals surface area contributed by atoms with Gasteiger partial charge >= 0.3 is 0 Å². The average Bonchev–Trinajstić information content (AvgIpc) is 3.13. The number of anilines is 1. The van der Waals surface area contributed by atoms with E-state index in [4.69, 9.17) is 11.6 Å². The summed E-state index contributed by atoms with van der Waals surface area (Å²) >= 11 is 6.25. The molecule has 0 bridgehead atoms. The lowest BCUT2D eigenvalue weighted by Gasteiger charge is -2.28. The fourth-order valence-corrected chi connectivity index (χ4v) is 2.52. The van der Waals surface area contributed by atoms with E-state index >= 15 is 0 Å². The van der Waals surface area contributed by atoms with E-state index in [0.29, 0.717) is 12.0 Å². The van der Waals surface area contributed by atoms with Crippen molar-refractivity contribution in [3.05, 3.63) is 21.6 Å². The number of aromatic nitrogens is 2. The summed E-state index contributed by atoms with van der Waals surface area (Å²) in [6.07, 6.45) is 4.22. The lowest BCUT2D eigenvalue weighted by molar-refractivity contribution is 0.338. The smallest absolute Gasteiger partial charge is 0.288 e. The van der Waals surface area contributed by atoms with Crippen LogP contribution in [-0.2, 0) is 5.54 Å². The topological polar surface area (TPSA) is 38.1 Å². The molecule has 0 amide bonds. The maximum absolute atomic E-state index is 12.3. The molecule has 1 aliphatic carbocycles. The fourth-order valence-electron chi connectivity index (χ4n) is 2.26. The first-order chi connectivity index (χ1) is 8.73. The molecule has 4 nitrogen and oxygen atoms in total. The zero-order valence-corrected chi connectivity index (χ0v) is 13.0. The molecule has 0 N–H and O–H groups in total. The molecule has 19 heavy (non-hydrogen) atoms. The molecule has 0 aliphatic heterocycles. The maximum atomic E-state index is 12.3. The zero-order valence-electron chi connectivity index (χ0n) is 12.3. The molecule has 1 saturated carbocycles. The predicted molar refractivity (Wildman–Crippen MR) is 79.1 cm³/mol. The summed E-state index contributed by atoms with van der Waals surface area (Å²) in [6, 6.07) is 0.393. The average molecular weight is 284 g/mol. The van der Waals surface area contributed by atoms with E-state index in [2.05, 4.69) is 16.9 Å². The van der Waals surface area contributed by atoms with Crippen LogP contribution in [0.15, 0.2) is 11.0 Å². The SMILES string of the molecule is CC(C1CC1)N(C)c1cnn(C(C)(C)C)c(=O)c1Cl. The standard InChI is InChI=1S/C14H22ClN3O/c1-9(10-6-7-10)17(5)11-8-16-18(14(2,3)4)13(19)12(11)15/h8-10H,6-7H2,1-5H3. The van der Waals surface area contributed by atoms with Crippen molar-refractivity contribution in [3.63, 3.8) is 0 Å². The Morgan fingerprint density at radius 2 is 2.05 bits per heavy atom. The second kappa shape index (κ2) is 4.82. The van der Waals surface area contributed by atoms with Crippen molar-refractivity contribution in [1.29, 1.82) is 0 Å². The minimum Gasteiger partial charge on any atom is -0.369 e. The van der Waals surface area contributed by atoms with Gasteiger partial charge in [-0.05, 0) is 46.5 Å². The van der Waals surface area contributed by atoms with Crippen LogP contribution in [0.3, 0.4) is 0 Å². The Balaban J connectivity index is 2.38. The van der Waals surface area contributed by atoms with E-state index in [1.54, 1.807) is 6.20 Å². The van der Waals surface area contributed by atoms with Gasteiger partial charge in [0.2, 0.25) is 0 Å². The Kier molecular flexibility index (Phi) is 3.65. The van der Waals surface area contributed by atoms with Gasteiger partial charge in [0.05, 0.1) is 17.4 Å². The van der Waals surface area contributed by atoms with Gasteiger partial charge in [-0.25, -0.2) is 4.68 Å². The van der Waals surface area contributed by atoms with E-state index in [0.717, 1.165) is 5.69 Å². The van der Waals surface area contributed by atoms with Crippen LogP contribution in [0.1, 0.15) is 40.5 Å². The van der Waals surface area contributed by atoms with Crippen molar-refractivity contribution in [1.82, 2.24) is 9.78 Å². The molecule has 0 aromatic carbocycles. The lowest BCUT2D eigenvalue weighted by atomic mass is 10.1. The largest absolute Gasteiger partial charge is 0.369 e. The highest BCUT2D eigenvalue weighted by Crippen LogP contribution is 2.37. The minimum atomic E-state index is -0.361. The number of nitrogens with zero attached hydrogens (tertiary/aromatic N) is 3. The second-order valence-corrected chi connectivity index (χ2v) is 6.80. The van der Waals surface area contributed by atoms with Crippen LogP contribution in [0, 0.1) is 5.92 Å². The highest BCUT2D eigenvalue weighted by Gasteiger charge is 2.32. The molecular formula is C14H22ClN3O. The lowest BCUT2D eigenvalue weighted by Crippen LogP contribution is -2.38. The van der Waals surface area contributed by atoms with Crippen LogP contribution < -0.4 is 10.5 Å². The third-order valence-electron chi connectivity index (χ3n) is 3.83. The van der Waals surface area contributed by atoms with Crippen LogP contribution in [-0.4, -0.2) is 22.9 Å². The molecule has 1 aromatic rings. The molecular weight excluding hydrogens is 262 g/mol. The van der Waals surface area contributed by atoms with Gasteiger partial charge < -0.3 is 4.90 Å². The van der Waals surface area contributed by atoms with Crippen LogP contribution in [0.25, 0.3) is 0 Å². The third kappa shape index (κ3) is 2.78. The summed E-state index contributed by atoms with van der Waals surface area (Å²) < 4.78 is 1.44. The molecule has 1 heterocycles. The number of rotatable bonds is 3. The first-order valence-corrected chi connectivity index (χ1v) is 7.12. The van der Waals surface area contributed by atoms with Gasteiger partial charge in [-0.1, -0.05) is 11.6 Å². The highest BCUT2D eigenvalue weighted by molar-refractivity contribution is 6.33. The van der Waals surface area contributed by atoms with Gasteiger partial charge in [-0.2, -0.15) is 5.10 Å². The number of hydrogen-bond acceptors (Lipinski definition) is 3. The van der Waals surface area contributed by atoms with E-state index in [9.17, 15) is 4.79 Å². The van der Waals surface area contributed by atoms with Gasteiger partial charge in [-0.15, -0.1) is 0 Å². The summed E-state index contributed by atoms with van der Waals surface area (Å²) in [5.74, 6) is 0.714. The molecule has 0 saturated heterocycles. The summed E-state index contributed by atoms with van der Waals surface area (Å²) in [5, 5.41) is 4.54. The molecule has 1 atom stereocenters. The van der Waals surface area contributed by atoms with Crippen LogP contribution >= 0.6 is 11.6 Å². The number of hydrogen-bond donors (Lipinski definition) is 0.